The molecule has 1 heterocycles. The number of ether oxygens (including phenoxy) is 1. The van der Waals surface area contributed by atoms with Gasteiger partial charge < -0.3 is 10.1 Å². The van der Waals surface area contributed by atoms with Gasteiger partial charge in [-0.1, -0.05) is 43.3 Å². The van der Waals surface area contributed by atoms with Crippen molar-refractivity contribution in [2.45, 2.75) is 32.3 Å². The minimum atomic E-state index is -0.182. The lowest BCUT2D eigenvalue weighted by atomic mass is 10.1. The molecule has 0 saturated carbocycles. The molecule has 1 atom stereocenters. The number of guanidine groups is 1. The zero-order chi connectivity index (χ0) is 18.2. The van der Waals surface area contributed by atoms with E-state index in [-0.39, 0.29) is 12.0 Å². The highest BCUT2D eigenvalue weighted by molar-refractivity contribution is 6.10. The predicted octanol–water partition coefficient (Wildman–Crippen LogP) is 3.63. The second-order valence-electron chi connectivity index (χ2n) is 6.28. The molecule has 1 aliphatic heterocycles. The summed E-state index contributed by atoms with van der Waals surface area (Å²) in [7, 11) is 0. The van der Waals surface area contributed by atoms with Crippen molar-refractivity contribution in [3.8, 4) is 0 Å². The van der Waals surface area contributed by atoms with Gasteiger partial charge in [0.05, 0.1) is 12.6 Å². The SMILES string of the molecule is CCc1ccccc1NC(=NCC1CCCO1)NC(=O)c1ccccc1. The van der Waals surface area contributed by atoms with E-state index in [0.717, 1.165) is 31.6 Å². The van der Waals surface area contributed by atoms with E-state index in [4.69, 9.17) is 4.74 Å². The quantitative estimate of drug-likeness (QED) is 0.639. The smallest absolute Gasteiger partial charge is 0.257 e. The summed E-state index contributed by atoms with van der Waals surface area (Å²) in [6.07, 6.45) is 3.10. The van der Waals surface area contributed by atoms with Crippen molar-refractivity contribution in [1.82, 2.24) is 5.32 Å². The van der Waals surface area contributed by atoms with Crippen molar-refractivity contribution < 1.29 is 9.53 Å². The molecule has 2 N–H and O–H groups in total. The van der Waals surface area contributed by atoms with Crippen molar-refractivity contribution >= 4 is 17.6 Å². The second-order valence-corrected chi connectivity index (χ2v) is 6.28. The molecule has 1 fully saturated rings. The lowest BCUT2D eigenvalue weighted by Gasteiger charge is -2.15. The number of hydrogen-bond acceptors (Lipinski definition) is 3. The minimum absolute atomic E-state index is 0.127. The van der Waals surface area contributed by atoms with Crippen LogP contribution in [0, 0.1) is 0 Å². The zero-order valence-electron chi connectivity index (χ0n) is 15.1. The van der Waals surface area contributed by atoms with Crippen LogP contribution in [-0.4, -0.2) is 31.1 Å². The molecule has 1 saturated heterocycles. The first-order chi connectivity index (χ1) is 12.8. The van der Waals surface area contributed by atoms with E-state index in [1.54, 1.807) is 12.1 Å². The maximum atomic E-state index is 12.5. The second kappa shape index (κ2) is 9.15. The lowest BCUT2D eigenvalue weighted by Crippen LogP contribution is -2.37. The van der Waals surface area contributed by atoms with Crippen LogP contribution in [0.25, 0.3) is 0 Å². The third-order valence-electron chi connectivity index (χ3n) is 4.40. The molecule has 0 bridgehead atoms. The van der Waals surface area contributed by atoms with Gasteiger partial charge in [0.15, 0.2) is 0 Å². The van der Waals surface area contributed by atoms with E-state index in [0.29, 0.717) is 18.1 Å². The third kappa shape index (κ3) is 4.92. The van der Waals surface area contributed by atoms with Crippen molar-refractivity contribution in [3.63, 3.8) is 0 Å². The van der Waals surface area contributed by atoms with Crippen LogP contribution in [-0.2, 0) is 11.2 Å². The fourth-order valence-electron chi connectivity index (χ4n) is 2.94. The van der Waals surface area contributed by atoms with Crippen molar-refractivity contribution in [2.24, 2.45) is 4.99 Å². The molecule has 5 nitrogen and oxygen atoms in total. The Kier molecular flexibility index (Phi) is 6.39. The van der Waals surface area contributed by atoms with Crippen LogP contribution < -0.4 is 10.6 Å². The van der Waals surface area contributed by atoms with Crippen LogP contribution in [0.4, 0.5) is 5.69 Å². The fraction of sp³-hybridized carbons (Fsp3) is 0.333. The highest BCUT2D eigenvalue weighted by Crippen LogP contribution is 2.16. The molecule has 0 spiro atoms. The fourth-order valence-corrected chi connectivity index (χ4v) is 2.94. The summed E-state index contributed by atoms with van der Waals surface area (Å²) in [5, 5.41) is 6.19. The summed E-state index contributed by atoms with van der Waals surface area (Å²) < 4.78 is 5.64. The average Bonchev–Trinajstić information content (AvgIpc) is 3.21. The molecule has 3 rings (SSSR count). The summed E-state index contributed by atoms with van der Waals surface area (Å²) in [6, 6.07) is 17.2. The van der Waals surface area contributed by atoms with Gasteiger partial charge in [-0.2, -0.15) is 0 Å². The molecule has 5 heteroatoms. The Bertz CT molecular complexity index is 753. The summed E-state index contributed by atoms with van der Waals surface area (Å²) in [5.41, 5.74) is 2.73. The van der Waals surface area contributed by atoms with Gasteiger partial charge in [-0.25, -0.2) is 4.99 Å². The van der Waals surface area contributed by atoms with Gasteiger partial charge in [-0.15, -0.1) is 0 Å². The van der Waals surface area contributed by atoms with Crippen LogP contribution in [0.1, 0.15) is 35.7 Å². The topological polar surface area (TPSA) is 62.7 Å². The number of hydrogen-bond donors (Lipinski definition) is 2. The van der Waals surface area contributed by atoms with E-state index >= 15 is 0 Å². The van der Waals surface area contributed by atoms with Crippen LogP contribution in [0.15, 0.2) is 59.6 Å². The Hall–Kier alpha value is -2.66. The Morgan fingerprint density at radius 2 is 1.92 bits per heavy atom. The molecule has 2 aromatic rings. The number of aryl methyl sites for hydroxylation is 1. The number of carbonyl (C=O) groups is 1. The molecule has 26 heavy (non-hydrogen) atoms. The zero-order valence-corrected chi connectivity index (χ0v) is 15.1. The summed E-state index contributed by atoms with van der Waals surface area (Å²) in [4.78, 5) is 17.1. The average molecular weight is 351 g/mol. The van der Waals surface area contributed by atoms with Gasteiger partial charge in [0.2, 0.25) is 5.96 Å². The van der Waals surface area contributed by atoms with Gasteiger partial charge in [0, 0.05) is 17.9 Å². The van der Waals surface area contributed by atoms with E-state index in [9.17, 15) is 4.79 Å². The number of para-hydroxylation sites is 1. The Labute approximate surface area is 154 Å². The van der Waals surface area contributed by atoms with Crippen molar-refractivity contribution in [1.29, 1.82) is 0 Å². The van der Waals surface area contributed by atoms with Gasteiger partial charge in [0.1, 0.15) is 0 Å². The van der Waals surface area contributed by atoms with Crippen molar-refractivity contribution in [3.05, 3.63) is 65.7 Å². The number of nitrogens with zero attached hydrogens (tertiary/aromatic N) is 1. The molecular formula is C21H25N3O2. The standard InChI is InChI=1S/C21H25N3O2/c1-2-16-9-6-7-13-19(16)23-21(22-15-18-12-8-14-26-18)24-20(25)17-10-4-3-5-11-17/h3-7,9-11,13,18H,2,8,12,14-15H2,1H3,(H2,22,23,24,25). The molecule has 1 amide bonds. The van der Waals surface area contributed by atoms with E-state index in [2.05, 4.69) is 28.6 Å². The number of amides is 1. The van der Waals surface area contributed by atoms with Crippen molar-refractivity contribution in [2.75, 3.05) is 18.5 Å². The summed E-state index contributed by atoms with van der Waals surface area (Å²) in [5.74, 6) is 0.272. The first-order valence-electron chi connectivity index (χ1n) is 9.13. The molecule has 2 aromatic carbocycles. The van der Waals surface area contributed by atoms with E-state index in [1.165, 1.54) is 5.56 Å². The highest BCUT2D eigenvalue weighted by Gasteiger charge is 2.16. The van der Waals surface area contributed by atoms with Gasteiger partial charge in [0.25, 0.3) is 5.91 Å². The number of aliphatic imine (C=N–C) groups is 1. The molecule has 0 aromatic heterocycles. The molecule has 0 radical (unpaired) electrons. The molecule has 136 valence electrons. The van der Waals surface area contributed by atoms with Crippen LogP contribution in [0.2, 0.25) is 0 Å². The molecule has 1 unspecified atom stereocenters. The highest BCUT2D eigenvalue weighted by atomic mass is 16.5. The van der Waals surface area contributed by atoms with Gasteiger partial charge in [-0.3, -0.25) is 10.1 Å². The Balaban J connectivity index is 1.76. The monoisotopic (exact) mass is 351 g/mol. The molecular weight excluding hydrogens is 326 g/mol. The maximum absolute atomic E-state index is 12.5. The maximum Gasteiger partial charge on any atom is 0.257 e. The molecule has 1 aliphatic rings. The number of benzene rings is 2. The number of nitrogens with one attached hydrogen (secondary N) is 2. The van der Waals surface area contributed by atoms with Crippen LogP contribution >= 0.6 is 0 Å². The first-order valence-corrected chi connectivity index (χ1v) is 9.13. The predicted molar refractivity (Wildman–Crippen MR) is 105 cm³/mol. The van der Waals surface area contributed by atoms with Crippen LogP contribution in [0.3, 0.4) is 0 Å². The van der Waals surface area contributed by atoms with Gasteiger partial charge in [-0.05, 0) is 43.0 Å². The number of anilines is 1. The number of carbonyl (C=O) groups excluding carboxylic acids is 1. The summed E-state index contributed by atoms with van der Waals surface area (Å²) >= 11 is 0. The Morgan fingerprint density at radius 1 is 1.15 bits per heavy atom. The van der Waals surface area contributed by atoms with Crippen LogP contribution in [0.5, 0.6) is 0 Å². The normalized spacial score (nSPS) is 17.1. The first kappa shape index (κ1) is 18.1. The Morgan fingerprint density at radius 3 is 2.65 bits per heavy atom. The summed E-state index contributed by atoms with van der Waals surface area (Å²) in [6.45, 7) is 3.43. The number of rotatable bonds is 5. The van der Waals surface area contributed by atoms with E-state index in [1.807, 2.05) is 36.4 Å². The van der Waals surface area contributed by atoms with E-state index < -0.39 is 0 Å². The third-order valence-corrected chi connectivity index (χ3v) is 4.40. The largest absolute Gasteiger partial charge is 0.376 e. The van der Waals surface area contributed by atoms with Gasteiger partial charge >= 0.3 is 0 Å². The lowest BCUT2D eigenvalue weighted by molar-refractivity contribution is 0.0975. The molecule has 0 aliphatic carbocycles. The minimum Gasteiger partial charge on any atom is -0.376 e.